The quantitative estimate of drug-likeness (QED) is 0.121. The minimum atomic E-state index is -0.205. The van der Waals surface area contributed by atoms with Gasteiger partial charge in [0, 0.05) is 54.2 Å². The van der Waals surface area contributed by atoms with E-state index in [2.05, 4.69) is 13.8 Å². The first-order chi connectivity index (χ1) is 23.1. The molecule has 0 aliphatic carbocycles. The summed E-state index contributed by atoms with van der Waals surface area (Å²) < 4.78 is 40.1. The number of benzene rings is 3. The first-order valence-corrected chi connectivity index (χ1v) is 18.6. The minimum absolute atomic E-state index is 0.205. The van der Waals surface area contributed by atoms with Crippen molar-refractivity contribution in [3.63, 3.8) is 0 Å². The molecule has 0 bridgehead atoms. The lowest BCUT2D eigenvalue weighted by atomic mass is 10.0. The molecule has 0 saturated carbocycles. The van der Waals surface area contributed by atoms with Crippen LogP contribution in [0.2, 0.25) is 0 Å². The van der Waals surface area contributed by atoms with Crippen LogP contribution in [0, 0.1) is 11.6 Å². The lowest BCUT2D eigenvalue weighted by Crippen LogP contribution is -1.92. The number of rotatable bonds is 12. The highest BCUT2D eigenvalue weighted by Gasteiger charge is 2.24. The van der Waals surface area contributed by atoms with E-state index in [-0.39, 0.29) is 11.6 Å². The highest BCUT2D eigenvalue weighted by atomic mass is 32.1. The van der Waals surface area contributed by atoms with Gasteiger partial charge in [-0.15, -0.1) is 22.7 Å². The van der Waals surface area contributed by atoms with Crippen molar-refractivity contribution in [1.29, 1.82) is 0 Å². The maximum atomic E-state index is 15.3. The van der Waals surface area contributed by atoms with E-state index < -0.39 is 0 Å². The number of hydrogen-bond donors (Lipinski definition) is 0. The summed E-state index contributed by atoms with van der Waals surface area (Å²) in [4.78, 5) is 13.1. The normalized spacial score (nSPS) is 11.7. The molecule has 0 unspecified atom stereocenters. The van der Waals surface area contributed by atoms with E-state index >= 15 is 8.78 Å². The summed E-state index contributed by atoms with van der Waals surface area (Å²) in [5.74, 6) is -0.409. The number of unbranched alkanes of at least 4 members (excludes halogenated alkanes) is 4. The third-order valence-electron chi connectivity index (χ3n) is 8.57. The Morgan fingerprint density at radius 1 is 0.532 bits per heavy atom. The van der Waals surface area contributed by atoms with E-state index in [1.165, 1.54) is 22.7 Å². The Hall–Kier alpha value is -3.92. The Bertz CT molecular complexity index is 2030. The summed E-state index contributed by atoms with van der Waals surface area (Å²) in [5, 5.41) is 0. The van der Waals surface area contributed by atoms with Crippen LogP contribution in [0.3, 0.4) is 0 Å². The zero-order valence-electron chi connectivity index (χ0n) is 26.4. The standard InChI is InChI=1S/C38H34F2N4S3/c1-3-5-7-9-23-11-13-25(27(39)21-23)29-15-17-31(45-29)33-35-36(42-20-19-41-35)34(38-37(33)43-47-44-38)32-18-16-30(46-32)26-14-12-24(22-28(26)40)10-8-6-4-2/h11-22H,3-10H2,1-2H3. The van der Waals surface area contributed by atoms with Gasteiger partial charge in [-0.2, -0.15) is 8.75 Å². The molecular formula is C38H34F2N4S3. The molecular weight excluding hydrogens is 647 g/mol. The monoisotopic (exact) mass is 680 g/mol. The SMILES string of the molecule is CCCCCc1ccc(-c2ccc(-c3c4nccnc4c(-c4ccc(-c5ccc(CCCCC)cc5F)s4)c4nsnc34)s2)c(F)c1. The second kappa shape index (κ2) is 14.1. The van der Waals surface area contributed by atoms with Crippen LogP contribution in [0.25, 0.3) is 63.8 Å². The van der Waals surface area contributed by atoms with Crippen molar-refractivity contribution in [1.82, 2.24) is 18.7 Å². The lowest BCUT2D eigenvalue weighted by molar-refractivity contribution is 0.626. The Kier molecular flexibility index (Phi) is 9.47. The number of aryl methyl sites for hydroxylation is 2. The van der Waals surface area contributed by atoms with Gasteiger partial charge in [0.2, 0.25) is 0 Å². The van der Waals surface area contributed by atoms with E-state index in [9.17, 15) is 0 Å². The van der Waals surface area contributed by atoms with E-state index in [0.717, 1.165) is 116 Å². The van der Waals surface area contributed by atoms with Crippen molar-refractivity contribution in [3.05, 3.63) is 95.8 Å². The van der Waals surface area contributed by atoms with Gasteiger partial charge in [0.05, 0.1) is 11.7 Å². The van der Waals surface area contributed by atoms with Gasteiger partial charge in [0.15, 0.2) is 0 Å². The predicted octanol–water partition coefficient (Wildman–Crippen LogP) is 12.2. The molecule has 0 fully saturated rings. The first-order valence-electron chi connectivity index (χ1n) is 16.2. The fourth-order valence-electron chi connectivity index (χ4n) is 6.13. The summed E-state index contributed by atoms with van der Waals surface area (Å²) in [6, 6.07) is 19.1. The molecule has 0 saturated heterocycles. The molecule has 4 nitrogen and oxygen atoms in total. The molecule has 7 aromatic rings. The average molecular weight is 681 g/mol. The lowest BCUT2D eigenvalue weighted by Gasteiger charge is -2.09. The molecule has 4 heterocycles. The molecule has 0 radical (unpaired) electrons. The second-order valence-corrected chi connectivity index (χ2v) is 14.5. The largest absolute Gasteiger partial charge is 0.252 e. The van der Waals surface area contributed by atoms with Gasteiger partial charge in [-0.3, -0.25) is 9.97 Å². The summed E-state index contributed by atoms with van der Waals surface area (Å²) in [6.07, 6.45) is 11.8. The number of halogens is 2. The molecule has 47 heavy (non-hydrogen) atoms. The van der Waals surface area contributed by atoms with Crippen molar-refractivity contribution < 1.29 is 8.78 Å². The van der Waals surface area contributed by atoms with Crippen LogP contribution in [0.4, 0.5) is 8.78 Å². The number of nitrogens with zero attached hydrogens (tertiary/aromatic N) is 4. The minimum Gasteiger partial charge on any atom is -0.252 e. The van der Waals surface area contributed by atoms with Crippen molar-refractivity contribution in [3.8, 4) is 41.8 Å². The predicted molar refractivity (Wildman–Crippen MR) is 194 cm³/mol. The van der Waals surface area contributed by atoms with E-state index in [4.69, 9.17) is 18.7 Å². The Balaban J connectivity index is 1.26. The molecule has 0 atom stereocenters. The summed E-state index contributed by atoms with van der Waals surface area (Å²) in [5.41, 5.74) is 7.81. The zero-order valence-corrected chi connectivity index (χ0v) is 28.8. The fourth-order valence-corrected chi connectivity index (χ4v) is 8.85. The molecule has 0 N–H and O–H groups in total. The van der Waals surface area contributed by atoms with Crippen LogP contribution in [0.1, 0.15) is 63.5 Å². The van der Waals surface area contributed by atoms with E-state index in [1.54, 1.807) is 24.5 Å². The molecule has 238 valence electrons. The maximum Gasteiger partial charge on any atom is 0.132 e. The topological polar surface area (TPSA) is 51.6 Å². The first kappa shape index (κ1) is 31.7. The molecule has 9 heteroatoms. The van der Waals surface area contributed by atoms with Crippen molar-refractivity contribution in [2.24, 2.45) is 0 Å². The van der Waals surface area contributed by atoms with Crippen LogP contribution >= 0.6 is 34.4 Å². The molecule has 3 aromatic carbocycles. The van der Waals surface area contributed by atoms with Crippen LogP contribution in [-0.4, -0.2) is 18.7 Å². The molecule has 0 amide bonds. The van der Waals surface area contributed by atoms with Crippen molar-refractivity contribution in [2.45, 2.75) is 65.2 Å². The van der Waals surface area contributed by atoms with Crippen molar-refractivity contribution >= 4 is 56.5 Å². The fraction of sp³-hybridized carbons (Fsp3) is 0.263. The second-order valence-electron chi connectivity index (χ2n) is 11.8. The maximum absolute atomic E-state index is 15.3. The molecule has 4 aromatic heterocycles. The summed E-state index contributed by atoms with van der Waals surface area (Å²) in [6.45, 7) is 4.34. The van der Waals surface area contributed by atoms with Gasteiger partial charge in [0.25, 0.3) is 0 Å². The number of aromatic nitrogens is 4. The Morgan fingerprint density at radius 2 is 0.979 bits per heavy atom. The van der Waals surface area contributed by atoms with Gasteiger partial charge in [-0.05, 0) is 73.2 Å². The smallest absolute Gasteiger partial charge is 0.132 e. The molecule has 0 aliphatic heterocycles. The highest BCUT2D eigenvalue weighted by molar-refractivity contribution is 7.19. The average Bonchev–Trinajstić information content (AvgIpc) is 3.86. The number of thiophene rings is 2. The van der Waals surface area contributed by atoms with Gasteiger partial charge in [-0.25, -0.2) is 8.78 Å². The highest BCUT2D eigenvalue weighted by Crippen LogP contribution is 2.47. The molecule has 0 spiro atoms. The third-order valence-corrected chi connectivity index (χ3v) is 11.4. The Morgan fingerprint density at radius 3 is 1.40 bits per heavy atom. The van der Waals surface area contributed by atoms with Crippen molar-refractivity contribution in [2.75, 3.05) is 0 Å². The van der Waals surface area contributed by atoms with Crippen LogP contribution in [-0.2, 0) is 12.8 Å². The van der Waals surface area contributed by atoms with Gasteiger partial charge < -0.3 is 0 Å². The van der Waals surface area contributed by atoms with Crippen LogP contribution in [0.5, 0.6) is 0 Å². The summed E-state index contributed by atoms with van der Waals surface area (Å²) in [7, 11) is 0. The third kappa shape index (κ3) is 6.36. The molecule has 0 aliphatic rings. The zero-order chi connectivity index (χ0) is 32.3. The van der Waals surface area contributed by atoms with Gasteiger partial charge in [0.1, 0.15) is 33.7 Å². The Labute approximate surface area is 285 Å². The summed E-state index contributed by atoms with van der Waals surface area (Å²) >= 11 is 4.18. The van der Waals surface area contributed by atoms with E-state index in [1.807, 2.05) is 48.5 Å². The van der Waals surface area contributed by atoms with Crippen LogP contribution in [0.15, 0.2) is 73.1 Å². The molecule has 7 rings (SSSR count). The van der Waals surface area contributed by atoms with Gasteiger partial charge >= 0.3 is 0 Å². The number of fused-ring (bicyclic) bond motifs is 2. The number of hydrogen-bond acceptors (Lipinski definition) is 7. The van der Waals surface area contributed by atoms with Gasteiger partial charge in [-0.1, -0.05) is 63.8 Å². The van der Waals surface area contributed by atoms with E-state index in [0.29, 0.717) is 22.2 Å². The van der Waals surface area contributed by atoms with Crippen LogP contribution < -0.4 is 0 Å².